The van der Waals surface area contributed by atoms with E-state index in [1.54, 1.807) is 11.6 Å². The van der Waals surface area contributed by atoms with Crippen molar-refractivity contribution in [1.29, 1.82) is 0 Å². The Morgan fingerprint density at radius 1 is 1.13 bits per heavy atom. The Balaban J connectivity index is 1.60. The second kappa shape index (κ2) is 8.69. The van der Waals surface area contributed by atoms with Crippen LogP contribution in [0.2, 0.25) is 0 Å². The van der Waals surface area contributed by atoms with Crippen LogP contribution >= 0.6 is 23.5 Å². The third-order valence-corrected chi connectivity index (χ3v) is 7.63. The van der Waals surface area contributed by atoms with Gasteiger partial charge in [-0.3, -0.25) is 9.09 Å². The lowest BCUT2D eigenvalue weighted by Crippen LogP contribution is -2.16. The Morgan fingerprint density at radius 2 is 1.87 bits per heavy atom. The Morgan fingerprint density at radius 3 is 2.53 bits per heavy atom. The molecular weight excluding hydrogens is 471 g/mol. The maximum absolute atomic E-state index is 11.8. The second-order valence-corrected chi connectivity index (χ2v) is 10.4. The zero-order valence-electron chi connectivity index (χ0n) is 15.2. The Hall–Kier alpha value is -1.28. The fourth-order valence-electron chi connectivity index (χ4n) is 2.74. The van der Waals surface area contributed by atoms with Crippen molar-refractivity contribution >= 4 is 40.4 Å². The summed E-state index contributed by atoms with van der Waals surface area (Å²) < 4.78 is 53.0. The van der Waals surface area contributed by atoms with Gasteiger partial charge in [0.1, 0.15) is 18.1 Å². The molecule has 0 spiro atoms. The Kier molecular flexibility index (Phi) is 6.77. The zero-order valence-corrected chi connectivity index (χ0v) is 17.9. The predicted molar refractivity (Wildman–Crippen MR) is 97.8 cm³/mol. The second-order valence-electron chi connectivity index (χ2n) is 5.97. The number of aromatic nitrogens is 4. The smallest absolute Gasteiger partial charge is 0.371 e. The lowest BCUT2D eigenvalue weighted by molar-refractivity contribution is -0.0205. The molecule has 0 amide bonds. The molecule has 1 saturated heterocycles. The van der Waals surface area contributed by atoms with Crippen LogP contribution in [0.1, 0.15) is 19.1 Å². The van der Waals surface area contributed by atoms with Gasteiger partial charge in [-0.25, -0.2) is 28.6 Å². The van der Waals surface area contributed by atoms with E-state index in [-0.39, 0.29) is 0 Å². The van der Waals surface area contributed by atoms with Crippen molar-refractivity contribution in [1.82, 2.24) is 19.5 Å². The number of ether oxygens (including phenoxy) is 1. The van der Waals surface area contributed by atoms with Gasteiger partial charge in [0.2, 0.25) is 0 Å². The molecule has 4 unspecified atom stereocenters. The van der Waals surface area contributed by atoms with Gasteiger partial charge in [-0.2, -0.15) is 8.62 Å². The largest absolute Gasteiger partial charge is 0.490 e. The average Bonchev–Trinajstić information content (AvgIpc) is 3.23. The molecule has 1 aliphatic rings. The van der Waals surface area contributed by atoms with Crippen LogP contribution in [0.15, 0.2) is 12.7 Å². The molecule has 0 bridgehead atoms. The van der Waals surface area contributed by atoms with Gasteiger partial charge in [-0.05, 0) is 12.8 Å². The topological polar surface area (TPSA) is 225 Å². The average molecular weight is 489 g/mol. The number of imidazole rings is 1. The molecule has 4 atom stereocenters. The van der Waals surface area contributed by atoms with E-state index in [0.717, 1.165) is 0 Å². The highest BCUT2D eigenvalue weighted by Gasteiger charge is 2.41. The SMILES string of the molecule is CNc1ncnc2c1ncn2C1CCC(COP(=O)(O)OP(=O)(O)OP(=O)(O)O)O1. The van der Waals surface area contributed by atoms with E-state index >= 15 is 0 Å². The molecule has 3 heterocycles. The van der Waals surface area contributed by atoms with E-state index in [4.69, 9.17) is 19.4 Å². The number of nitrogens with one attached hydrogen (secondary N) is 1. The maximum Gasteiger partial charge on any atom is 0.490 e. The number of hydrogen-bond acceptors (Lipinski definition) is 11. The standard InChI is InChI=1S/C11H18N5O11P3/c1-12-10-9-11(14-5-13-10)16(6-15-9)8-3-2-7(25-8)4-24-29(20,21)27-30(22,23)26-28(17,18)19/h5-8H,2-4H2,1H3,(H,20,21)(H,22,23)(H,12,13,14)(H2,17,18,19). The summed E-state index contributed by atoms with van der Waals surface area (Å²) in [6.45, 7) is -0.510. The first-order chi connectivity index (χ1) is 13.9. The van der Waals surface area contributed by atoms with Gasteiger partial charge in [0.25, 0.3) is 0 Å². The first-order valence-corrected chi connectivity index (χ1v) is 12.7. The highest BCUT2D eigenvalue weighted by molar-refractivity contribution is 7.66. The molecule has 0 radical (unpaired) electrons. The minimum atomic E-state index is -5.56. The van der Waals surface area contributed by atoms with Crippen molar-refractivity contribution < 1.29 is 51.2 Å². The quantitative estimate of drug-likeness (QED) is 0.308. The molecule has 168 valence electrons. The van der Waals surface area contributed by atoms with E-state index in [2.05, 4.69) is 33.4 Å². The number of anilines is 1. The molecular formula is C11H18N5O11P3. The number of phosphoric acid groups is 3. The summed E-state index contributed by atoms with van der Waals surface area (Å²) in [6, 6.07) is 0. The van der Waals surface area contributed by atoms with Crippen LogP contribution in [0, 0.1) is 0 Å². The number of nitrogens with zero attached hydrogens (tertiary/aromatic N) is 4. The Bertz CT molecular complexity index is 1060. The first kappa shape index (κ1) is 23.4. The molecule has 0 aliphatic carbocycles. The molecule has 2 aromatic heterocycles. The van der Waals surface area contributed by atoms with Gasteiger partial charge in [0, 0.05) is 7.05 Å². The fourth-order valence-corrected chi connectivity index (χ4v) is 5.79. The van der Waals surface area contributed by atoms with E-state index in [1.165, 1.54) is 12.7 Å². The molecule has 1 aliphatic heterocycles. The number of hydrogen-bond donors (Lipinski definition) is 5. The summed E-state index contributed by atoms with van der Waals surface area (Å²) in [5.41, 5.74) is 1.04. The lowest BCUT2D eigenvalue weighted by atomic mass is 10.2. The molecule has 3 rings (SSSR count). The molecule has 1 fully saturated rings. The molecule has 0 saturated carbocycles. The van der Waals surface area contributed by atoms with Crippen molar-refractivity contribution in [2.75, 3.05) is 19.0 Å². The van der Waals surface area contributed by atoms with Gasteiger partial charge in [0.05, 0.1) is 19.0 Å². The molecule has 0 aromatic carbocycles. The van der Waals surface area contributed by atoms with Crippen LogP contribution in [-0.2, 0) is 31.6 Å². The van der Waals surface area contributed by atoms with Crippen molar-refractivity contribution in [2.45, 2.75) is 25.2 Å². The summed E-state index contributed by atoms with van der Waals surface area (Å²) >= 11 is 0. The van der Waals surface area contributed by atoms with Crippen molar-refractivity contribution in [3.05, 3.63) is 12.7 Å². The monoisotopic (exact) mass is 489 g/mol. The van der Waals surface area contributed by atoms with Crippen LogP contribution in [0.4, 0.5) is 5.82 Å². The molecule has 19 heteroatoms. The highest BCUT2D eigenvalue weighted by Crippen LogP contribution is 2.66. The molecule has 2 aromatic rings. The molecule has 5 N–H and O–H groups in total. The Labute approximate surface area is 168 Å². The van der Waals surface area contributed by atoms with Gasteiger partial charge < -0.3 is 29.6 Å². The molecule has 16 nitrogen and oxygen atoms in total. The van der Waals surface area contributed by atoms with E-state index < -0.39 is 42.4 Å². The number of phosphoric ester groups is 1. The van der Waals surface area contributed by atoms with E-state index in [1.807, 2.05) is 0 Å². The summed E-state index contributed by atoms with van der Waals surface area (Å²) in [6.07, 6.45) is 2.54. The summed E-state index contributed by atoms with van der Waals surface area (Å²) in [5, 5.41) is 2.89. The van der Waals surface area contributed by atoms with Gasteiger partial charge in [0.15, 0.2) is 11.5 Å². The third-order valence-electron chi connectivity index (χ3n) is 3.83. The highest BCUT2D eigenvalue weighted by atomic mass is 31.3. The normalized spacial score (nSPS) is 23.9. The van der Waals surface area contributed by atoms with Gasteiger partial charge in [-0.1, -0.05) is 0 Å². The third kappa shape index (κ3) is 5.90. The maximum atomic E-state index is 11.8. The summed E-state index contributed by atoms with van der Waals surface area (Å²) in [7, 11) is -14.5. The van der Waals surface area contributed by atoms with Crippen molar-refractivity contribution in [3.8, 4) is 0 Å². The van der Waals surface area contributed by atoms with Gasteiger partial charge >= 0.3 is 23.5 Å². The van der Waals surface area contributed by atoms with Crippen LogP contribution < -0.4 is 5.32 Å². The van der Waals surface area contributed by atoms with Crippen LogP contribution in [0.5, 0.6) is 0 Å². The van der Waals surface area contributed by atoms with Crippen molar-refractivity contribution in [2.24, 2.45) is 0 Å². The number of rotatable bonds is 9. The van der Waals surface area contributed by atoms with Gasteiger partial charge in [-0.15, -0.1) is 0 Å². The van der Waals surface area contributed by atoms with Crippen LogP contribution in [0.25, 0.3) is 11.2 Å². The predicted octanol–water partition coefficient (Wildman–Crippen LogP) is 0.889. The first-order valence-electron chi connectivity index (χ1n) is 8.18. The van der Waals surface area contributed by atoms with E-state index in [9.17, 15) is 18.6 Å². The van der Waals surface area contributed by atoms with Crippen LogP contribution in [0.3, 0.4) is 0 Å². The molecule has 30 heavy (non-hydrogen) atoms. The lowest BCUT2D eigenvalue weighted by Gasteiger charge is -2.18. The summed E-state index contributed by atoms with van der Waals surface area (Å²) in [5.74, 6) is 0.529. The van der Waals surface area contributed by atoms with E-state index in [0.29, 0.717) is 29.8 Å². The fraction of sp³-hybridized carbons (Fsp3) is 0.545. The minimum absolute atomic E-state index is 0.393. The number of fused-ring (bicyclic) bond motifs is 1. The van der Waals surface area contributed by atoms with Crippen molar-refractivity contribution in [3.63, 3.8) is 0 Å². The zero-order chi connectivity index (χ0) is 22.2. The minimum Gasteiger partial charge on any atom is -0.371 e. The van der Waals surface area contributed by atoms with Crippen LogP contribution in [-0.4, -0.2) is 58.9 Å². The summed E-state index contributed by atoms with van der Waals surface area (Å²) in [4.78, 5) is 48.1.